The standard InChI is InChI=1S/C7H15NO2/c1-6(2)10-5-7(9)8(3)4/h6H,5H2,1-4H3. The molecule has 3 nitrogen and oxygen atoms in total. The van der Waals surface area contributed by atoms with E-state index in [-0.39, 0.29) is 18.6 Å². The first-order valence-corrected chi connectivity index (χ1v) is 3.35. The van der Waals surface area contributed by atoms with Crippen LogP contribution in [0, 0.1) is 0 Å². The summed E-state index contributed by atoms with van der Waals surface area (Å²) >= 11 is 0. The molecule has 0 saturated carbocycles. The zero-order chi connectivity index (χ0) is 8.15. The Labute approximate surface area is 62.0 Å². The minimum Gasteiger partial charge on any atom is -0.369 e. The molecule has 0 atom stereocenters. The van der Waals surface area contributed by atoms with Crippen LogP contribution in [0.2, 0.25) is 0 Å². The Morgan fingerprint density at radius 2 is 2.00 bits per heavy atom. The van der Waals surface area contributed by atoms with Gasteiger partial charge in [-0.2, -0.15) is 0 Å². The van der Waals surface area contributed by atoms with Gasteiger partial charge in [0, 0.05) is 14.1 Å². The van der Waals surface area contributed by atoms with Crippen LogP contribution >= 0.6 is 0 Å². The van der Waals surface area contributed by atoms with E-state index in [1.807, 2.05) is 13.8 Å². The summed E-state index contributed by atoms with van der Waals surface area (Å²) in [5, 5.41) is 0. The Hall–Kier alpha value is -0.570. The number of nitrogens with zero attached hydrogens (tertiary/aromatic N) is 1. The second-order valence-electron chi connectivity index (χ2n) is 2.65. The van der Waals surface area contributed by atoms with Crippen LogP contribution in [0.5, 0.6) is 0 Å². The molecule has 10 heavy (non-hydrogen) atoms. The fourth-order valence-electron chi connectivity index (χ4n) is 0.367. The highest BCUT2D eigenvalue weighted by Gasteiger charge is 2.03. The van der Waals surface area contributed by atoms with Crippen LogP contribution in [0.25, 0.3) is 0 Å². The van der Waals surface area contributed by atoms with Crippen molar-refractivity contribution in [2.75, 3.05) is 20.7 Å². The number of amides is 1. The van der Waals surface area contributed by atoms with Crippen LogP contribution < -0.4 is 0 Å². The van der Waals surface area contributed by atoms with Crippen LogP contribution in [0.3, 0.4) is 0 Å². The molecular weight excluding hydrogens is 130 g/mol. The lowest BCUT2D eigenvalue weighted by molar-refractivity contribution is -0.134. The highest BCUT2D eigenvalue weighted by molar-refractivity contribution is 5.76. The van der Waals surface area contributed by atoms with Gasteiger partial charge >= 0.3 is 0 Å². The molecule has 0 aromatic heterocycles. The van der Waals surface area contributed by atoms with Gasteiger partial charge in [-0.25, -0.2) is 0 Å². The van der Waals surface area contributed by atoms with Crippen molar-refractivity contribution in [3.05, 3.63) is 0 Å². The van der Waals surface area contributed by atoms with Gasteiger partial charge in [-0.3, -0.25) is 4.79 Å². The smallest absolute Gasteiger partial charge is 0.248 e. The molecule has 0 spiro atoms. The summed E-state index contributed by atoms with van der Waals surface area (Å²) in [5.74, 6) is 0.00806. The number of hydrogen-bond acceptors (Lipinski definition) is 2. The van der Waals surface area contributed by atoms with Crippen molar-refractivity contribution < 1.29 is 9.53 Å². The van der Waals surface area contributed by atoms with E-state index in [9.17, 15) is 4.79 Å². The van der Waals surface area contributed by atoms with Crippen LogP contribution in [-0.4, -0.2) is 37.6 Å². The van der Waals surface area contributed by atoms with Gasteiger partial charge in [-0.15, -0.1) is 0 Å². The van der Waals surface area contributed by atoms with Gasteiger partial charge in [-0.05, 0) is 13.8 Å². The highest BCUT2D eigenvalue weighted by atomic mass is 16.5. The van der Waals surface area contributed by atoms with E-state index in [4.69, 9.17) is 4.74 Å². The van der Waals surface area contributed by atoms with Crippen molar-refractivity contribution in [2.45, 2.75) is 20.0 Å². The van der Waals surface area contributed by atoms with Crippen molar-refractivity contribution in [2.24, 2.45) is 0 Å². The summed E-state index contributed by atoms with van der Waals surface area (Å²) in [7, 11) is 3.43. The van der Waals surface area contributed by atoms with Crippen LogP contribution in [0.4, 0.5) is 0 Å². The normalized spacial score (nSPS) is 10.1. The fourth-order valence-corrected chi connectivity index (χ4v) is 0.367. The number of rotatable bonds is 3. The Morgan fingerprint density at radius 1 is 1.50 bits per heavy atom. The molecule has 60 valence electrons. The van der Waals surface area contributed by atoms with Gasteiger partial charge < -0.3 is 9.64 Å². The maximum atomic E-state index is 10.8. The Morgan fingerprint density at radius 3 is 2.30 bits per heavy atom. The summed E-state index contributed by atoms with van der Waals surface area (Å²) in [6.45, 7) is 4.00. The monoisotopic (exact) mass is 145 g/mol. The fraction of sp³-hybridized carbons (Fsp3) is 0.857. The van der Waals surface area contributed by atoms with E-state index in [0.29, 0.717) is 0 Å². The summed E-state index contributed by atoms with van der Waals surface area (Å²) in [6, 6.07) is 0. The number of likely N-dealkylation sites (N-methyl/N-ethyl adjacent to an activating group) is 1. The van der Waals surface area contributed by atoms with Crippen LogP contribution in [-0.2, 0) is 9.53 Å². The van der Waals surface area contributed by atoms with E-state index < -0.39 is 0 Å². The first-order valence-electron chi connectivity index (χ1n) is 3.35. The average Bonchev–Trinajstić information content (AvgIpc) is 1.82. The largest absolute Gasteiger partial charge is 0.369 e. The molecule has 0 aliphatic carbocycles. The predicted octanol–water partition coefficient (Wildman–Crippen LogP) is 0.500. The van der Waals surface area contributed by atoms with E-state index >= 15 is 0 Å². The average molecular weight is 145 g/mol. The Kier molecular flexibility index (Phi) is 4.03. The minimum atomic E-state index is 0.00806. The van der Waals surface area contributed by atoms with Crippen molar-refractivity contribution in [3.8, 4) is 0 Å². The van der Waals surface area contributed by atoms with E-state index in [1.54, 1.807) is 14.1 Å². The van der Waals surface area contributed by atoms with Crippen molar-refractivity contribution in [1.82, 2.24) is 4.90 Å². The topological polar surface area (TPSA) is 29.5 Å². The first-order chi connectivity index (χ1) is 4.54. The third-order valence-corrected chi connectivity index (χ3v) is 1.04. The van der Waals surface area contributed by atoms with Gasteiger partial charge in [0.1, 0.15) is 6.61 Å². The summed E-state index contributed by atoms with van der Waals surface area (Å²) in [4.78, 5) is 12.4. The molecular formula is C7H15NO2. The third kappa shape index (κ3) is 4.32. The summed E-state index contributed by atoms with van der Waals surface area (Å²) in [6.07, 6.45) is 0.129. The number of carbonyl (C=O) groups is 1. The molecule has 0 N–H and O–H groups in total. The molecule has 1 amide bonds. The Bertz CT molecular complexity index is 110. The molecule has 0 bridgehead atoms. The second-order valence-corrected chi connectivity index (χ2v) is 2.65. The molecule has 0 rings (SSSR count). The van der Waals surface area contributed by atoms with Gasteiger partial charge in [0.15, 0.2) is 0 Å². The van der Waals surface area contributed by atoms with Crippen LogP contribution in [0.15, 0.2) is 0 Å². The van der Waals surface area contributed by atoms with E-state index in [2.05, 4.69) is 0 Å². The van der Waals surface area contributed by atoms with Crippen molar-refractivity contribution in [1.29, 1.82) is 0 Å². The van der Waals surface area contributed by atoms with Gasteiger partial charge in [0.05, 0.1) is 6.10 Å². The molecule has 0 radical (unpaired) electrons. The van der Waals surface area contributed by atoms with Gasteiger partial charge in [0.2, 0.25) is 5.91 Å². The lowest BCUT2D eigenvalue weighted by Gasteiger charge is -2.11. The lowest BCUT2D eigenvalue weighted by Crippen LogP contribution is -2.27. The van der Waals surface area contributed by atoms with Crippen LogP contribution in [0.1, 0.15) is 13.8 Å². The van der Waals surface area contributed by atoms with Crippen molar-refractivity contribution >= 4 is 5.91 Å². The Balaban J connectivity index is 3.40. The molecule has 3 heteroatoms. The molecule has 0 aliphatic heterocycles. The molecule has 0 fully saturated rings. The number of hydrogen-bond donors (Lipinski definition) is 0. The van der Waals surface area contributed by atoms with Gasteiger partial charge in [-0.1, -0.05) is 0 Å². The SMILES string of the molecule is CC(C)OCC(=O)N(C)C. The molecule has 0 unspecified atom stereocenters. The summed E-state index contributed by atoms with van der Waals surface area (Å²) in [5.41, 5.74) is 0. The molecule has 0 aliphatic rings. The van der Waals surface area contributed by atoms with E-state index in [0.717, 1.165) is 0 Å². The third-order valence-electron chi connectivity index (χ3n) is 1.04. The summed E-state index contributed by atoms with van der Waals surface area (Å²) < 4.78 is 5.07. The highest BCUT2D eigenvalue weighted by Crippen LogP contribution is 1.88. The lowest BCUT2D eigenvalue weighted by atomic mass is 10.5. The predicted molar refractivity (Wildman–Crippen MR) is 39.8 cm³/mol. The zero-order valence-electron chi connectivity index (χ0n) is 7.05. The number of carbonyl (C=O) groups excluding carboxylic acids is 1. The zero-order valence-corrected chi connectivity index (χ0v) is 7.05. The molecule has 0 aromatic carbocycles. The molecule has 0 saturated heterocycles. The maximum Gasteiger partial charge on any atom is 0.248 e. The maximum absolute atomic E-state index is 10.8. The number of ether oxygens (including phenoxy) is 1. The molecule has 0 heterocycles. The minimum absolute atomic E-state index is 0.00806. The molecule has 0 aromatic rings. The quantitative estimate of drug-likeness (QED) is 0.578. The second kappa shape index (κ2) is 4.28. The van der Waals surface area contributed by atoms with Crippen molar-refractivity contribution in [3.63, 3.8) is 0 Å². The first kappa shape index (κ1) is 9.43. The van der Waals surface area contributed by atoms with E-state index in [1.165, 1.54) is 4.90 Å². The van der Waals surface area contributed by atoms with Gasteiger partial charge in [0.25, 0.3) is 0 Å².